The van der Waals surface area contributed by atoms with Crippen LogP contribution in [0.25, 0.3) is 11.1 Å². The van der Waals surface area contributed by atoms with Crippen molar-refractivity contribution < 1.29 is 9.84 Å². The van der Waals surface area contributed by atoms with E-state index in [9.17, 15) is 5.11 Å². The molecule has 2 rings (SSSR count). The first-order valence-electron chi connectivity index (χ1n) is 5.45. The number of aryl methyl sites for hydroxylation is 1. The van der Waals surface area contributed by atoms with Gasteiger partial charge >= 0.3 is 0 Å². The number of aromatic nitrogens is 1. The molecule has 0 saturated heterocycles. The first-order chi connectivity index (χ1) is 8.24. The second kappa shape index (κ2) is 4.97. The molecule has 0 atom stereocenters. The lowest BCUT2D eigenvalue weighted by atomic mass is 10.0. The van der Waals surface area contributed by atoms with E-state index < -0.39 is 0 Å². The molecular formula is C14H15NO2. The van der Waals surface area contributed by atoms with E-state index in [4.69, 9.17) is 4.74 Å². The molecule has 0 saturated carbocycles. The molecule has 88 valence electrons. The van der Waals surface area contributed by atoms with Crippen molar-refractivity contribution in [2.24, 2.45) is 0 Å². The van der Waals surface area contributed by atoms with E-state index in [0.29, 0.717) is 5.88 Å². The van der Waals surface area contributed by atoms with Crippen molar-refractivity contribution in [3.05, 3.63) is 47.7 Å². The number of nitrogens with zero attached hydrogens (tertiary/aromatic N) is 1. The predicted octanol–water partition coefficient (Wildman–Crippen LogP) is 2.56. The number of hydrogen-bond donors (Lipinski definition) is 1. The van der Waals surface area contributed by atoms with Gasteiger partial charge in [0.2, 0.25) is 5.88 Å². The summed E-state index contributed by atoms with van der Waals surface area (Å²) in [5.41, 5.74) is 4.01. The quantitative estimate of drug-likeness (QED) is 0.879. The summed E-state index contributed by atoms with van der Waals surface area (Å²) in [5.74, 6) is 0.519. The van der Waals surface area contributed by atoms with E-state index in [2.05, 4.69) is 11.1 Å². The van der Waals surface area contributed by atoms with E-state index in [1.807, 2.05) is 25.1 Å². The first kappa shape index (κ1) is 11.6. The van der Waals surface area contributed by atoms with Crippen LogP contribution in [0.15, 0.2) is 36.5 Å². The fraction of sp³-hybridized carbons (Fsp3) is 0.214. The van der Waals surface area contributed by atoms with Crippen molar-refractivity contribution in [2.45, 2.75) is 13.5 Å². The maximum atomic E-state index is 9.39. The van der Waals surface area contributed by atoms with Crippen LogP contribution in [0.5, 0.6) is 5.88 Å². The van der Waals surface area contributed by atoms with Crippen molar-refractivity contribution >= 4 is 0 Å². The van der Waals surface area contributed by atoms with Crippen LogP contribution in [0.4, 0.5) is 0 Å². The molecule has 0 fully saturated rings. The Balaban J connectivity index is 2.51. The van der Waals surface area contributed by atoms with Gasteiger partial charge in [0.1, 0.15) is 0 Å². The first-order valence-corrected chi connectivity index (χ1v) is 5.45. The molecule has 0 spiro atoms. The number of aliphatic hydroxyl groups is 1. The lowest BCUT2D eigenvalue weighted by molar-refractivity contribution is 0.281. The van der Waals surface area contributed by atoms with Crippen LogP contribution in [0.1, 0.15) is 11.1 Å². The molecule has 0 aliphatic carbocycles. The Morgan fingerprint density at radius 3 is 2.76 bits per heavy atom. The van der Waals surface area contributed by atoms with Crippen molar-refractivity contribution in [3.8, 4) is 17.0 Å². The number of benzene rings is 1. The molecule has 1 heterocycles. The van der Waals surface area contributed by atoms with E-state index in [0.717, 1.165) is 16.7 Å². The molecule has 3 nitrogen and oxygen atoms in total. The number of rotatable bonds is 3. The van der Waals surface area contributed by atoms with Gasteiger partial charge in [-0.3, -0.25) is 0 Å². The summed E-state index contributed by atoms with van der Waals surface area (Å²) in [6.45, 7) is 2.02. The minimum absolute atomic E-state index is 0.0256. The van der Waals surface area contributed by atoms with Crippen LogP contribution < -0.4 is 4.74 Å². The summed E-state index contributed by atoms with van der Waals surface area (Å²) in [5, 5.41) is 9.39. The molecule has 3 heteroatoms. The van der Waals surface area contributed by atoms with Crippen LogP contribution >= 0.6 is 0 Å². The van der Waals surface area contributed by atoms with Crippen molar-refractivity contribution in [3.63, 3.8) is 0 Å². The zero-order chi connectivity index (χ0) is 12.3. The lowest BCUT2D eigenvalue weighted by Crippen LogP contribution is -1.95. The highest BCUT2D eigenvalue weighted by molar-refractivity contribution is 5.67. The summed E-state index contributed by atoms with van der Waals surface area (Å²) >= 11 is 0. The van der Waals surface area contributed by atoms with E-state index in [1.54, 1.807) is 19.4 Å². The van der Waals surface area contributed by atoms with Gasteiger partial charge in [-0.05, 0) is 18.1 Å². The van der Waals surface area contributed by atoms with Crippen molar-refractivity contribution in [1.29, 1.82) is 0 Å². The van der Waals surface area contributed by atoms with E-state index >= 15 is 0 Å². The molecule has 0 bridgehead atoms. The predicted molar refractivity (Wildman–Crippen MR) is 66.9 cm³/mol. The van der Waals surface area contributed by atoms with Gasteiger partial charge in [-0.1, -0.05) is 29.8 Å². The largest absolute Gasteiger partial charge is 0.481 e. The van der Waals surface area contributed by atoms with Gasteiger partial charge < -0.3 is 9.84 Å². The number of methoxy groups -OCH3 is 1. The molecule has 0 amide bonds. The summed E-state index contributed by atoms with van der Waals surface area (Å²) in [6, 6.07) is 9.88. The number of ether oxygens (including phenoxy) is 1. The number of hydrogen-bond acceptors (Lipinski definition) is 3. The van der Waals surface area contributed by atoms with Gasteiger partial charge in [0.05, 0.1) is 13.7 Å². The van der Waals surface area contributed by atoms with Crippen LogP contribution in [-0.2, 0) is 6.61 Å². The summed E-state index contributed by atoms with van der Waals surface area (Å²) < 4.78 is 5.05. The number of aliphatic hydroxyl groups excluding tert-OH is 1. The zero-order valence-corrected chi connectivity index (χ0v) is 9.97. The molecule has 0 radical (unpaired) electrons. The summed E-state index contributed by atoms with van der Waals surface area (Å²) in [4.78, 5) is 4.18. The van der Waals surface area contributed by atoms with Crippen LogP contribution in [0.3, 0.4) is 0 Å². The monoisotopic (exact) mass is 229 g/mol. The highest BCUT2D eigenvalue weighted by Crippen LogP contribution is 2.26. The smallest absolute Gasteiger partial charge is 0.213 e. The Kier molecular flexibility index (Phi) is 3.40. The maximum Gasteiger partial charge on any atom is 0.213 e. The second-order valence-corrected chi connectivity index (χ2v) is 3.91. The van der Waals surface area contributed by atoms with E-state index in [-0.39, 0.29) is 6.61 Å². The molecule has 0 aliphatic heterocycles. The van der Waals surface area contributed by atoms with Crippen LogP contribution in [0.2, 0.25) is 0 Å². The molecule has 0 aliphatic rings. The number of pyridine rings is 1. The normalized spacial score (nSPS) is 10.3. The Morgan fingerprint density at radius 2 is 2.12 bits per heavy atom. The lowest BCUT2D eigenvalue weighted by Gasteiger charge is -2.09. The van der Waals surface area contributed by atoms with Gasteiger partial charge in [0, 0.05) is 17.8 Å². The van der Waals surface area contributed by atoms with E-state index in [1.165, 1.54) is 5.56 Å². The summed E-state index contributed by atoms with van der Waals surface area (Å²) in [6.07, 6.45) is 1.74. The molecular weight excluding hydrogens is 214 g/mol. The minimum Gasteiger partial charge on any atom is -0.481 e. The van der Waals surface area contributed by atoms with Gasteiger partial charge in [0.25, 0.3) is 0 Å². The molecule has 1 aromatic carbocycles. The highest BCUT2D eigenvalue weighted by Gasteiger charge is 2.07. The fourth-order valence-corrected chi connectivity index (χ4v) is 1.79. The third-order valence-corrected chi connectivity index (χ3v) is 2.67. The van der Waals surface area contributed by atoms with Crippen molar-refractivity contribution in [1.82, 2.24) is 4.98 Å². The fourth-order valence-electron chi connectivity index (χ4n) is 1.79. The molecule has 1 aromatic heterocycles. The standard InChI is InChI=1S/C14H15NO2/c1-10-4-3-5-11(6-10)13-8-15-14(17-2)7-12(13)9-16/h3-8,16H,9H2,1-2H3. The molecule has 0 unspecified atom stereocenters. The van der Waals surface area contributed by atoms with Gasteiger partial charge in [0.15, 0.2) is 0 Å². The van der Waals surface area contributed by atoms with Gasteiger partial charge in [-0.25, -0.2) is 4.98 Å². The van der Waals surface area contributed by atoms with Gasteiger partial charge in [-0.15, -0.1) is 0 Å². The zero-order valence-electron chi connectivity index (χ0n) is 9.97. The van der Waals surface area contributed by atoms with Gasteiger partial charge in [-0.2, -0.15) is 0 Å². The topological polar surface area (TPSA) is 42.4 Å². The minimum atomic E-state index is -0.0256. The Hall–Kier alpha value is -1.87. The highest BCUT2D eigenvalue weighted by atomic mass is 16.5. The Labute approximate surface area is 101 Å². The average molecular weight is 229 g/mol. The molecule has 17 heavy (non-hydrogen) atoms. The third-order valence-electron chi connectivity index (χ3n) is 2.67. The van der Waals surface area contributed by atoms with Crippen molar-refractivity contribution in [2.75, 3.05) is 7.11 Å². The molecule has 1 N–H and O–H groups in total. The Morgan fingerprint density at radius 1 is 1.29 bits per heavy atom. The average Bonchev–Trinajstić information content (AvgIpc) is 2.38. The van der Waals surface area contributed by atoms with Crippen LogP contribution in [0, 0.1) is 6.92 Å². The third kappa shape index (κ3) is 2.45. The Bertz CT molecular complexity index is 523. The van der Waals surface area contributed by atoms with Crippen LogP contribution in [-0.4, -0.2) is 17.2 Å². The maximum absolute atomic E-state index is 9.39. The second-order valence-electron chi connectivity index (χ2n) is 3.91. The molecule has 2 aromatic rings. The summed E-state index contributed by atoms with van der Waals surface area (Å²) in [7, 11) is 1.57. The SMILES string of the molecule is COc1cc(CO)c(-c2cccc(C)c2)cn1.